The lowest BCUT2D eigenvalue weighted by Gasteiger charge is -2.24. The molecule has 0 spiro atoms. The average Bonchev–Trinajstić information content (AvgIpc) is 2.94. The largest absolute Gasteiger partial charge is 0.389 e. The molecule has 2 aromatic rings. The summed E-state index contributed by atoms with van der Waals surface area (Å²) in [5.74, 6) is -0.281. The van der Waals surface area contributed by atoms with Crippen LogP contribution in [0.2, 0.25) is 0 Å². The number of benzene rings is 1. The van der Waals surface area contributed by atoms with E-state index in [0.717, 1.165) is 0 Å². The first kappa shape index (κ1) is 17.0. The normalized spacial score (nSPS) is 11.3. The molecule has 0 aliphatic rings. The van der Waals surface area contributed by atoms with E-state index in [0.29, 0.717) is 10.6 Å². The van der Waals surface area contributed by atoms with Crippen molar-refractivity contribution >= 4 is 22.9 Å². The first-order valence-corrected chi connectivity index (χ1v) is 7.73. The van der Waals surface area contributed by atoms with Gasteiger partial charge in [-0.1, -0.05) is 0 Å². The highest BCUT2D eigenvalue weighted by Gasteiger charge is 2.22. The van der Waals surface area contributed by atoms with Gasteiger partial charge in [-0.05, 0) is 26.0 Å². The van der Waals surface area contributed by atoms with E-state index in [9.17, 15) is 20.0 Å². The van der Waals surface area contributed by atoms with Crippen LogP contribution in [0.1, 0.15) is 24.3 Å². The summed E-state index contributed by atoms with van der Waals surface area (Å²) in [5.41, 5.74) is 0.0214. The number of rotatable bonds is 5. The van der Waals surface area contributed by atoms with Gasteiger partial charge in [0.05, 0.1) is 10.5 Å². The van der Waals surface area contributed by atoms with Gasteiger partial charge in [-0.3, -0.25) is 14.9 Å². The Morgan fingerprint density at radius 1 is 1.39 bits per heavy atom. The highest BCUT2D eigenvalue weighted by atomic mass is 32.1. The van der Waals surface area contributed by atoms with Crippen molar-refractivity contribution in [1.29, 1.82) is 0 Å². The Morgan fingerprint density at radius 2 is 2.00 bits per heavy atom. The van der Waals surface area contributed by atoms with E-state index in [1.807, 2.05) is 0 Å². The van der Waals surface area contributed by atoms with Crippen molar-refractivity contribution in [3.8, 4) is 10.6 Å². The molecule has 2 rings (SSSR count). The highest BCUT2D eigenvalue weighted by molar-refractivity contribution is 7.13. The van der Waals surface area contributed by atoms with Crippen LogP contribution in [0, 0.1) is 10.1 Å². The van der Waals surface area contributed by atoms with Crippen LogP contribution in [0.4, 0.5) is 5.69 Å². The first-order chi connectivity index (χ1) is 10.7. The van der Waals surface area contributed by atoms with Crippen molar-refractivity contribution < 1.29 is 14.8 Å². The van der Waals surface area contributed by atoms with Gasteiger partial charge in [0.15, 0.2) is 0 Å². The van der Waals surface area contributed by atoms with Gasteiger partial charge >= 0.3 is 0 Å². The number of nitrogens with zero attached hydrogens (tertiary/aromatic N) is 3. The van der Waals surface area contributed by atoms with Crippen molar-refractivity contribution in [3.05, 3.63) is 45.5 Å². The highest BCUT2D eigenvalue weighted by Crippen LogP contribution is 2.26. The number of amides is 1. The van der Waals surface area contributed by atoms with E-state index >= 15 is 0 Å². The summed E-state index contributed by atoms with van der Waals surface area (Å²) in [7, 11) is 1.60. The maximum absolute atomic E-state index is 12.3. The molecule has 7 nitrogen and oxygen atoms in total. The molecule has 1 aromatic heterocycles. The molecule has 0 aliphatic carbocycles. The third-order valence-corrected chi connectivity index (χ3v) is 3.91. The fourth-order valence-corrected chi connectivity index (χ4v) is 2.88. The monoisotopic (exact) mass is 335 g/mol. The zero-order valence-corrected chi connectivity index (χ0v) is 13.8. The molecule has 8 heteroatoms. The summed E-state index contributed by atoms with van der Waals surface area (Å²) in [5, 5.41) is 22.7. The molecular formula is C15H17N3O4S. The molecule has 0 radical (unpaired) electrons. The van der Waals surface area contributed by atoms with Gasteiger partial charge in [0.25, 0.3) is 11.6 Å². The number of carbonyl (C=O) groups is 1. The van der Waals surface area contributed by atoms with E-state index in [4.69, 9.17) is 0 Å². The number of aromatic nitrogens is 1. The van der Waals surface area contributed by atoms with E-state index in [-0.39, 0.29) is 23.8 Å². The van der Waals surface area contributed by atoms with Gasteiger partial charge in [0.2, 0.25) is 0 Å². The fraction of sp³-hybridized carbons (Fsp3) is 0.333. The molecule has 0 atom stereocenters. The summed E-state index contributed by atoms with van der Waals surface area (Å²) in [6, 6.07) is 6.01. The van der Waals surface area contributed by atoms with Gasteiger partial charge in [-0.25, -0.2) is 4.98 Å². The van der Waals surface area contributed by atoms with E-state index in [2.05, 4.69) is 4.98 Å². The second kappa shape index (κ2) is 6.43. The second-order valence-corrected chi connectivity index (χ2v) is 6.67. The molecular weight excluding hydrogens is 318 g/mol. The van der Waals surface area contributed by atoms with Crippen molar-refractivity contribution in [1.82, 2.24) is 9.88 Å². The summed E-state index contributed by atoms with van der Waals surface area (Å²) >= 11 is 1.29. The lowest BCUT2D eigenvalue weighted by Crippen LogP contribution is -2.39. The van der Waals surface area contributed by atoms with Crippen molar-refractivity contribution in [2.45, 2.75) is 19.4 Å². The molecule has 1 N–H and O–H groups in total. The van der Waals surface area contributed by atoms with Gasteiger partial charge in [0.1, 0.15) is 10.7 Å². The number of thiazole rings is 1. The third kappa shape index (κ3) is 4.33. The van der Waals surface area contributed by atoms with Gasteiger partial charge in [0, 0.05) is 36.7 Å². The number of nitro benzene ring substituents is 1. The summed E-state index contributed by atoms with van der Waals surface area (Å²) in [4.78, 5) is 28.2. The Kier molecular flexibility index (Phi) is 4.76. The standard InChI is InChI=1S/C15H17N3O4S/c1-15(2,20)9-17(3)14(19)12-8-23-13(16-12)10-4-6-11(7-5-10)18(21)22/h4-8,20H,9H2,1-3H3. The van der Waals surface area contributed by atoms with Crippen molar-refractivity contribution in [3.63, 3.8) is 0 Å². The van der Waals surface area contributed by atoms with Crippen molar-refractivity contribution in [2.24, 2.45) is 0 Å². The summed E-state index contributed by atoms with van der Waals surface area (Å²) in [6.45, 7) is 3.44. The van der Waals surface area contributed by atoms with E-state index in [1.54, 1.807) is 38.4 Å². The van der Waals surface area contributed by atoms with Crippen LogP contribution in [0.25, 0.3) is 10.6 Å². The third-order valence-electron chi connectivity index (χ3n) is 3.02. The molecule has 23 heavy (non-hydrogen) atoms. The molecule has 0 bridgehead atoms. The Morgan fingerprint density at radius 3 is 2.52 bits per heavy atom. The quantitative estimate of drug-likeness (QED) is 0.669. The molecule has 0 saturated carbocycles. The molecule has 0 fully saturated rings. The van der Waals surface area contributed by atoms with Crippen molar-refractivity contribution in [2.75, 3.05) is 13.6 Å². The summed E-state index contributed by atoms with van der Waals surface area (Å²) in [6.07, 6.45) is 0. The number of hydrogen-bond acceptors (Lipinski definition) is 6. The number of hydrogen-bond donors (Lipinski definition) is 1. The zero-order chi connectivity index (χ0) is 17.2. The smallest absolute Gasteiger partial charge is 0.273 e. The van der Waals surface area contributed by atoms with Gasteiger partial charge < -0.3 is 10.0 Å². The first-order valence-electron chi connectivity index (χ1n) is 6.85. The molecule has 1 aromatic carbocycles. The van der Waals surface area contributed by atoms with Crippen LogP contribution in [-0.2, 0) is 0 Å². The number of non-ortho nitro benzene ring substituents is 1. The zero-order valence-electron chi connectivity index (χ0n) is 13.0. The van der Waals surface area contributed by atoms with E-state index in [1.165, 1.54) is 28.4 Å². The van der Waals surface area contributed by atoms with Gasteiger partial charge in [-0.15, -0.1) is 11.3 Å². The maximum Gasteiger partial charge on any atom is 0.273 e. The summed E-state index contributed by atoms with van der Waals surface area (Å²) < 4.78 is 0. The Hall–Kier alpha value is -2.32. The molecule has 0 unspecified atom stereocenters. The molecule has 1 amide bonds. The van der Waals surface area contributed by atoms with Crippen LogP contribution in [0.5, 0.6) is 0 Å². The average molecular weight is 335 g/mol. The second-order valence-electron chi connectivity index (χ2n) is 5.82. The lowest BCUT2D eigenvalue weighted by atomic mass is 10.1. The van der Waals surface area contributed by atoms with Gasteiger partial charge in [-0.2, -0.15) is 0 Å². The maximum atomic E-state index is 12.3. The minimum Gasteiger partial charge on any atom is -0.389 e. The van der Waals surface area contributed by atoms with Crippen LogP contribution in [-0.4, -0.2) is 45.0 Å². The molecule has 1 heterocycles. The fourth-order valence-electron chi connectivity index (χ4n) is 2.08. The minimum atomic E-state index is -0.984. The number of carbonyl (C=O) groups excluding carboxylic acids is 1. The Labute approximate surface area is 137 Å². The lowest BCUT2D eigenvalue weighted by molar-refractivity contribution is -0.384. The minimum absolute atomic E-state index is 0.00603. The SMILES string of the molecule is CN(CC(C)(C)O)C(=O)c1csc(-c2ccc([N+](=O)[O-])cc2)n1. The molecule has 122 valence electrons. The number of nitro groups is 1. The van der Waals surface area contributed by atoms with Crippen LogP contribution < -0.4 is 0 Å². The topological polar surface area (TPSA) is 96.6 Å². The molecule has 0 aliphatic heterocycles. The predicted octanol–water partition coefficient (Wildman–Crippen LogP) is 2.56. The van der Waals surface area contributed by atoms with Crippen LogP contribution in [0.15, 0.2) is 29.6 Å². The predicted molar refractivity (Wildman–Crippen MR) is 87.5 cm³/mol. The Bertz CT molecular complexity index is 719. The van der Waals surface area contributed by atoms with Crippen LogP contribution in [0.3, 0.4) is 0 Å². The number of likely N-dealkylation sites (N-methyl/N-ethyl adjacent to an activating group) is 1. The van der Waals surface area contributed by atoms with Crippen LogP contribution >= 0.6 is 11.3 Å². The Balaban J connectivity index is 2.17. The van der Waals surface area contributed by atoms with E-state index < -0.39 is 10.5 Å². The number of aliphatic hydroxyl groups is 1. The molecule has 0 saturated heterocycles.